The molecule has 1 saturated heterocycles. The normalized spacial score (nSPS) is 24.2. The highest BCUT2D eigenvalue weighted by Gasteiger charge is 2.29. The Morgan fingerprint density at radius 1 is 1.25 bits per heavy atom. The first-order valence-electron chi connectivity index (χ1n) is 7.08. The van der Waals surface area contributed by atoms with E-state index in [0.29, 0.717) is 6.04 Å². The minimum atomic E-state index is -4.26. The lowest BCUT2D eigenvalue weighted by molar-refractivity contribution is -0.137. The van der Waals surface area contributed by atoms with Gasteiger partial charge in [-0.1, -0.05) is 37.6 Å². The molecule has 0 spiro atoms. The summed E-state index contributed by atoms with van der Waals surface area (Å²) in [6, 6.07) is 5.61. The van der Waals surface area contributed by atoms with Crippen LogP contribution >= 0.6 is 0 Å². The predicted octanol–water partition coefficient (Wildman–Crippen LogP) is 4.50. The van der Waals surface area contributed by atoms with Gasteiger partial charge in [0.05, 0.1) is 5.56 Å². The lowest BCUT2D eigenvalue weighted by atomic mass is 9.90. The second-order valence-corrected chi connectivity index (χ2v) is 5.34. The summed E-state index contributed by atoms with van der Waals surface area (Å²) in [6.45, 7) is 3.22. The third kappa shape index (κ3) is 4.10. The van der Waals surface area contributed by atoms with E-state index in [4.69, 9.17) is 0 Å². The van der Waals surface area contributed by atoms with E-state index in [0.717, 1.165) is 36.6 Å². The van der Waals surface area contributed by atoms with Crippen molar-refractivity contribution in [2.45, 2.75) is 38.4 Å². The molecule has 1 heterocycles. The summed E-state index contributed by atoms with van der Waals surface area (Å²) in [5.74, 6) is 0.749. The Hall–Kier alpha value is -1.29. The van der Waals surface area contributed by atoms with Crippen LogP contribution in [-0.4, -0.2) is 12.6 Å². The number of rotatable bonds is 3. The van der Waals surface area contributed by atoms with Crippen LogP contribution in [0.3, 0.4) is 0 Å². The van der Waals surface area contributed by atoms with Crippen molar-refractivity contribution in [2.75, 3.05) is 6.54 Å². The average Bonchev–Trinajstić information content (AvgIpc) is 2.45. The molecule has 1 aromatic rings. The summed E-state index contributed by atoms with van der Waals surface area (Å²) < 4.78 is 37.4. The van der Waals surface area contributed by atoms with Gasteiger partial charge in [0.25, 0.3) is 0 Å². The van der Waals surface area contributed by atoms with Gasteiger partial charge in [-0.15, -0.1) is 0 Å². The maximum atomic E-state index is 12.5. The van der Waals surface area contributed by atoms with Crippen LogP contribution in [0.2, 0.25) is 0 Å². The molecule has 20 heavy (non-hydrogen) atoms. The summed E-state index contributed by atoms with van der Waals surface area (Å²) in [5.41, 5.74) is 0.204. The zero-order valence-corrected chi connectivity index (χ0v) is 11.6. The molecular formula is C16H20F3N. The lowest BCUT2D eigenvalue weighted by Crippen LogP contribution is -2.36. The van der Waals surface area contributed by atoms with Gasteiger partial charge in [0.1, 0.15) is 0 Å². The van der Waals surface area contributed by atoms with E-state index in [1.807, 2.05) is 6.08 Å². The highest BCUT2D eigenvalue weighted by Crippen LogP contribution is 2.29. The topological polar surface area (TPSA) is 12.0 Å². The van der Waals surface area contributed by atoms with Gasteiger partial charge < -0.3 is 5.32 Å². The van der Waals surface area contributed by atoms with Crippen LogP contribution in [0.15, 0.2) is 30.3 Å². The number of nitrogens with one attached hydrogen (secondary N) is 1. The average molecular weight is 283 g/mol. The number of hydrogen-bond acceptors (Lipinski definition) is 1. The Bertz CT molecular complexity index is 448. The maximum absolute atomic E-state index is 12.5. The molecule has 2 rings (SSSR count). The first kappa shape index (κ1) is 15.1. The molecule has 1 aliphatic rings. The molecule has 2 unspecified atom stereocenters. The third-order valence-electron chi connectivity index (χ3n) is 3.88. The molecule has 1 N–H and O–H groups in total. The molecule has 0 amide bonds. The summed E-state index contributed by atoms with van der Waals surface area (Å²) in [4.78, 5) is 0. The van der Waals surface area contributed by atoms with Gasteiger partial charge in [-0.2, -0.15) is 13.2 Å². The van der Waals surface area contributed by atoms with Crippen molar-refractivity contribution in [3.8, 4) is 0 Å². The number of hydrogen-bond donors (Lipinski definition) is 1. The number of halogens is 3. The largest absolute Gasteiger partial charge is 0.416 e. The Labute approximate surface area is 117 Å². The molecule has 0 bridgehead atoms. The van der Waals surface area contributed by atoms with Gasteiger partial charge in [-0.3, -0.25) is 0 Å². The van der Waals surface area contributed by atoms with Crippen LogP contribution in [0.5, 0.6) is 0 Å². The fourth-order valence-electron chi connectivity index (χ4n) is 2.56. The standard InChI is InChI=1S/C16H20F3N/c1-2-12-9-10-20-15(11-12)8-5-13-3-6-14(7-4-13)16(17,18)19/h3-8,12,15,20H,2,9-11H2,1H3/b8-5+. The van der Waals surface area contributed by atoms with Crippen LogP contribution in [0.25, 0.3) is 6.08 Å². The number of benzene rings is 1. The molecule has 4 heteroatoms. The zero-order valence-electron chi connectivity index (χ0n) is 11.6. The molecule has 110 valence electrons. The third-order valence-corrected chi connectivity index (χ3v) is 3.88. The van der Waals surface area contributed by atoms with Gasteiger partial charge in [0.15, 0.2) is 0 Å². The maximum Gasteiger partial charge on any atom is 0.416 e. The number of piperidine rings is 1. The summed E-state index contributed by atoms with van der Waals surface area (Å²) in [5, 5.41) is 3.42. The quantitative estimate of drug-likeness (QED) is 0.861. The minimum absolute atomic E-state index is 0.330. The molecule has 2 atom stereocenters. The lowest BCUT2D eigenvalue weighted by Gasteiger charge is -2.27. The van der Waals surface area contributed by atoms with E-state index < -0.39 is 11.7 Å². The van der Waals surface area contributed by atoms with Crippen LogP contribution in [-0.2, 0) is 6.18 Å². The Morgan fingerprint density at radius 2 is 1.95 bits per heavy atom. The van der Waals surface area contributed by atoms with Gasteiger partial charge >= 0.3 is 6.18 Å². The molecular weight excluding hydrogens is 263 g/mol. The van der Waals surface area contributed by atoms with E-state index in [-0.39, 0.29) is 0 Å². The summed E-state index contributed by atoms with van der Waals surface area (Å²) in [7, 11) is 0. The summed E-state index contributed by atoms with van der Waals surface area (Å²) >= 11 is 0. The minimum Gasteiger partial charge on any atom is -0.310 e. The summed E-state index contributed by atoms with van der Waals surface area (Å²) in [6.07, 6.45) is 3.20. The highest BCUT2D eigenvalue weighted by molar-refractivity contribution is 5.50. The van der Waals surface area contributed by atoms with Crippen LogP contribution in [0.1, 0.15) is 37.3 Å². The van der Waals surface area contributed by atoms with Gasteiger partial charge in [-0.25, -0.2) is 0 Å². The first-order chi connectivity index (χ1) is 9.49. The molecule has 0 aliphatic carbocycles. The fraction of sp³-hybridized carbons (Fsp3) is 0.500. The van der Waals surface area contributed by atoms with Gasteiger partial charge in [-0.05, 0) is 43.0 Å². The van der Waals surface area contributed by atoms with Crippen molar-refractivity contribution in [3.63, 3.8) is 0 Å². The molecule has 1 nitrogen and oxygen atoms in total. The van der Waals surface area contributed by atoms with Crippen molar-refractivity contribution in [3.05, 3.63) is 41.5 Å². The van der Waals surface area contributed by atoms with Crippen molar-refractivity contribution in [1.29, 1.82) is 0 Å². The fourth-order valence-corrected chi connectivity index (χ4v) is 2.56. The zero-order chi connectivity index (χ0) is 14.6. The van der Waals surface area contributed by atoms with Crippen LogP contribution < -0.4 is 5.32 Å². The molecule has 0 saturated carbocycles. The van der Waals surface area contributed by atoms with E-state index in [1.165, 1.54) is 25.0 Å². The molecule has 0 aromatic heterocycles. The van der Waals surface area contributed by atoms with E-state index >= 15 is 0 Å². The molecule has 1 aliphatic heterocycles. The predicted molar refractivity (Wildman–Crippen MR) is 75.3 cm³/mol. The SMILES string of the molecule is CCC1CCNC(/C=C/c2ccc(C(F)(F)F)cc2)C1. The number of alkyl halides is 3. The van der Waals surface area contributed by atoms with Crippen molar-refractivity contribution in [1.82, 2.24) is 5.32 Å². The van der Waals surface area contributed by atoms with Crippen molar-refractivity contribution < 1.29 is 13.2 Å². The van der Waals surface area contributed by atoms with Crippen molar-refractivity contribution >= 4 is 6.08 Å². The first-order valence-corrected chi connectivity index (χ1v) is 7.08. The smallest absolute Gasteiger partial charge is 0.310 e. The molecule has 1 aromatic carbocycles. The second kappa shape index (κ2) is 6.44. The Morgan fingerprint density at radius 3 is 2.55 bits per heavy atom. The Kier molecular flexibility index (Phi) is 4.86. The van der Waals surface area contributed by atoms with Crippen molar-refractivity contribution in [2.24, 2.45) is 5.92 Å². The van der Waals surface area contributed by atoms with E-state index in [1.54, 1.807) is 0 Å². The molecule has 1 fully saturated rings. The van der Waals surface area contributed by atoms with Crippen LogP contribution in [0, 0.1) is 5.92 Å². The monoisotopic (exact) mass is 283 g/mol. The Balaban J connectivity index is 1.97. The second-order valence-electron chi connectivity index (χ2n) is 5.34. The molecule has 0 radical (unpaired) electrons. The van der Waals surface area contributed by atoms with Crippen LogP contribution in [0.4, 0.5) is 13.2 Å². The highest BCUT2D eigenvalue weighted by atomic mass is 19.4. The van der Waals surface area contributed by atoms with E-state index in [9.17, 15) is 13.2 Å². The van der Waals surface area contributed by atoms with Gasteiger partial charge in [0.2, 0.25) is 0 Å². The van der Waals surface area contributed by atoms with E-state index in [2.05, 4.69) is 18.3 Å². The van der Waals surface area contributed by atoms with Gasteiger partial charge in [0, 0.05) is 6.04 Å².